The molecule has 0 radical (unpaired) electrons. The molecule has 0 aromatic heterocycles. The second kappa shape index (κ2) is 7.57. The Kier molecular flexibility index (Phi) is 6.03. The lowest BCUT2D eigenvalue weighted by atomic mass is 9.93. The monoisotopic (exact) mass is 409 g/mol. The first-order valence-corrected chi connectivity index (χ1v) is 8.87. The number of halogens is 2. The Hall–Kier alpha value is -0.640. The van der Waals surface area contributed by atoms with Gasteiger partial charge in [-0.2, -0.15) is 0 Å². The van der Waals surface area contributed by atoms with Crippen LogP contribution in [0.2, 0.25) is 0 Å². The highest BCUT2D eigenvalue weighted by molar-refractivity contribution is 9.11. The first kappa shape index (κ1) is 16.7. The zero-order valence-corrected chi connectivity index (χ0v) is 15.9. The molecule has 112 valence electrons. The fraction of sp³-hybridized carbons (Fsp3) is 0.333. The second-order valence-corrected chi connectivity index (χ2v) is 7.18. The van der Waals surface area contributed by atoms with Crippen molar-refractivity contribution < 1.29 is 0 Å². The van der Waals surface area contributed by atoms with E-state index in [-0.39, 0.29) is 6.04 Å². The van der Waals surface area contributed by atoms with Crippen molar-refractivity contribution >= 4 is 31.9 Å². The zero-order valence-electron chi connectivity index (χ0n) is 12.7. The van der Waals surface area contributed by atoms with Crippen molar-refractivity contribution in [3.8, 4) is 0 Å². The maximum absolute atomic E-state index is 3.70. The van der Waals surface area contributed by atoms with Crippen LogP contribution in [0.3, 0.4) is 0 Å². The van der Waals surface area contributed by atoms with Gasteiger partial charge in [0.15, 0.2) is 0 Å². The van der Waals surface area contributed by atoms with E-state index in [0.717, 1.165) is 21.9 Å². The van der Waals surface area contributed by atoms with Gasteiger partial charge in [0, 0.05) is 8.95 Å². The van der Waals surface area contributed by atoms with Gasteiger partial charge in [0.05, 0.1) is 6.04 Å². The lowest BCUT2D eigenvalue weighted by molar-refractivity contribution is 0.594. The maximum atomic E-state index is 3.70. The summed E-state index contributed by atoms with van der Waals surface area (Å²) in [7, 11) is 0. The summed E-state index contributed by atoms with van der Waals surface area (Å²) in [6, 6.07) is 13.2. The molecular formula is C18H21Br2N. The highest BCUT2D eigenvalue weighted by Crippen LogP contribution is 2.32. The molecule has 1 unspecified atom stereocenters. The molecule has 0 fully saturated rings. The fourth-order valence-corrected chi connectivity index (χ4v) is 3.42. The topological polar surface area (TPSA) is 12.0 Å². The molecule has 0 heterocycles. The highest BCUT2D eigenvalue weighted by Gasteiger charge is 2.18. The van der Waals surface area contributed by atoms with Crippen LogP contribution in [-0.4, -0.2) is 6.54 Å². The number of nitrogens with one attached hydrogen (secondary N) is 1. The second-order valence-electron chi connectivity index (χ2n) is 5.41. The third-order valence-corrected chi connectivity index (χ3v) is 4.82. The number of aryl methyl sites for hydroxylation is 2. The molecule has 0 aliphatic heterocycles. The number of rotatable bonds is 5. The first-order chi connectivity index (χ1) is 10.0. The van der Waals surface area contributed by atoms with E-state index < -0.39 is 0 Å². The van der Waals surface area contributed by atoms with Crippen molar-refractivity contribution in [2.75, 3.05) is 6.54 Å². The van der Waals surface area contributed by atoms with E-state index in [4.69, 9.17) is 0 Å². The highest BCUT2D eigenvalue weighted by atomic mass is 79.9. The van der Waals surface area contributed by atoms with Crippen LogP contribution in [0.4, 0.5) is 0 Å². The SMILES string of the molecule is CCCNC(c1ccc(C)cc1C)c1cc(Br)ccc1Br. The Morgan fingerprint density at radius 1 is 1.00 bits per heavy atom. The summed E-state index contributed by atoms with van der Waals surface area (Å²) >= 11 is 7.29. The number of hydrogen-bond donors (Lipinski definition) is 1. The van der Waals surface area contributed by atoms with Crippen molar-refractivity contribution in [1.29, 1.82) is 0 Å². The van der Waals surface area contributed by atoms with E-state index in [9.17, 15) is 0 Å². The largest absolute Gasteiger partial charge is 0.306 e. The summed E-state index contributed by atoms with van der Waals surface area (Å²) in [5.74, 6) is 0. The number of hydrogen-bond acceptors (Lipinski definition) is 1. The normalized spacial score (nSPS) is 12.4. The van der Waals surface area contributed by atoms with Gasteiger partial charge in [-0.25, -0.2) is 0 Å². The summed E-state index contributed by atoms with van der Waals surface area (Å²) in [6.07, 6.45) is 1.12. The number of benzene rings is 2. The van der Waals surface area contributed by atoms with E-state index in [1.165, 1.54) is 22.3 Å². The van der Waals surface area contributed by atoms with Gasteiger partial charge in [0.1, 0.15) is 0 Å². The summed E-state index contributed by atoms with van der Waals surface area (Å²) in [5.41, 5.74) is 5.24. The standard InChI is InChI=1S/C18H21Br2N/c1-4-9-21-18(15-7-5-12(2)10-13(15)3)16-11-14(19)6-8-17(16)20/h5-8,10-11,18,21H,4,9H2,1-3H3. The minimum absolute atomic E-state index is 0.206. The molecule has 2 aromatic rings. The van der Waals surface area contributed by atoms with E-state index in [1.54, 1.807) is 0 Å². The van der Waals surface area contributed by atoms with Crippen LogP contribution in [0, 0.1) is 13.8 Å². The van der Waals surface area contributed by atoms with Crippen LogP contribution < -0.4 is 5.32 Å². The molecule has 0 saturated heterocycles. The molecule has 2 rings (SSSR count). The molecule has 1 nitrogen and oxygen atoms in total. The molecule has 21 heavy (non-hydrogen) atoms. The van der Waals surface area contributed by atoms with Crippen LogP contribution in [0.1, 0.15) is 41.6 Å². The van der Waals surface area contributed by atoms with Gasteiger partial charge in [-0.05, 0) is 61.7 Å². The van der Waals surface area contributed by atoms with Crippen LogP contribution in [0.25, 0.3) is 0 Å². The Labute approximate surface area is 144 Å². The van der Waals surface area contributed by atoms with E-state index in [2.05, 4.69) is 94.3 Å². The van der Waals surface area contributed by atoms with Crippen LogP contribution in [-0.2, 0) is 0 Å². The molecule has 3 heteroatoms. The van der Waals surface area contributed by atoms with Crippen molar-refractivity contribution in [1.82, 2.24) is 5.32 Å². The van der Waals surface area contributed by atoms with Gasteiger partial charge in [0.2, 0.25) is 0 Å². The minimum atomic E-state index is 0.206. The van der Waals surface area contributed by atoms with Gasteiger partial charge in [-0.1, -0.05) is 62.5 Å². The molecule has 0 amide bonds. The quantitative estimate of drug-likeness (QED) is 0.645. The molecule has 0 aliphatic carbocycles. The fourth-order valence-electron chi connectivity index (χ4n) is 2.56. The third-order valence-electron chi connectivity index (χ3n) is 3.60. The van der Waals surface area contributed by atoms with Gasteiger partial charge in [-0.3, -0.25) is 0 Å². The van der Waals surface area contributed by atoms with Crippen LogP contribution >= 0.6 is 31.9 Å². The molecular weight excluding hydrogens is 390 g/mol. The summed E-state index contributed by atoms with van der Waals surface area (Å²) in [6.45, 7) is 7.52. The molecule has 0 bridgehead atoms. The van der Waals surface area contributed by atoms with E-state index in [1.807, 2.05) is 0 Å². The predicted octanol–water partition coefficient (Wildman–Crippen LogP) is 5.92. The van der Waals surface area contributed by atoms with Gasteiger partial charge in [-0.15, -0.1) is 0 Å². The molecule has 1 atom stereocenters. The Morgan fingerprint density at radius 2 is 1.76 bits per heavy atom. The maximum Gasteiger partial charge on any atom is 0.0590 e. The van der Waals surface area contributed by atoms with Gasteiger partial charge in [0.25, 0.3) is 0 Å². The molecule has 1 N–H and O–H groups in total. The van der Waals surface area contributed by atoms with Crippen LogP contribution in [0.15, 0.2) is 45.3 Å². The van der Waals surface area contributed by atoms with E-state index >= 15 is 0 Å². The van der Waals surface area contributed by atoms with Gasteiger partial charge >= 0.3 is 0 Å². The average molecular weight is 411 g/mol. The van der Waals surface area contributed by atoms with Crippen molar-refractivity contribution in [3.63, 3.8) is 0 Å². The predicted molar refractivity (Wildman–Crippen MR) is 97.9 cm³/mol. The van der Waals surface area contributed by atoms with Crippen molar-refractivity contribution in [3.05, 3.63) is 67.6 Å². The van der Waals surface area contributed by atoms with Crippen LogP contribution in [0.5, 0.6) is 0 Å². The van der Waals surface area contributed by atoms with Gasteiger partial charge < -0.3 is 5.32 Å². The van der Waals surface area contributed by atoms with Crippen molar-refractivity contribution in [2.45, 2.75) is 33.2 Å². The summed E-state index contributed by atoms with van der Waals surface area (Å²) in [5, 5.41) is 3.68. The molecule has 0 aliphatic rings. The molecule has 2 aromatic carbocycles. The lowest BCUT2D eigenvalue weighted by Gasteiger charge is -2.23. The first-order valence-electron chi connectivity index (χ1n) is 7.28. The third kappa shape index (κ3) is 4.18. The summed E-state index contributed by atoms with van der Waals surface area (Å²) < 4.78 is 2.24. The minimum Gasteiger partial charge on any atom is -0.306 e. The molecule has 0 spiro atoms. The van der Waals surface area contributed by atoms with E-state index in [0.29, 0.717) is 0 Å². The summed E-state index contributed by atoms with van der Waals surface area (Å²) in [4.78, 5) is 0. The Morgan fingerprint density at radius 3 is 2.43 bits per heavy atom. The smallest absolute Gasteiger partial charge is 0.0590 e. The average Bonchev–Trinajstić information content (AvgIpc) is 2.44. The Bertz CT molecular complexity index is 623. The molecule has 0 saturated carbocycles. The van der Waals surface area contributed by atoms with Crippen molar-refractivity contribution in [2.24, 2.45) is 0 Å². The Balaban J connectivity index is 2.49. The zero-order chi connectivity index (χ0) is 15.4. The lowest BCUT2D eigenvalue weighted by Crippen LogP contribution is -2.24.